The summed E-state index contributed by atoms with van der Waals surface area (Å²) in [5.41, 5.74) is 4.29. The summed E-state index contributed by atoms with van der Waals surface area (Å²) in [6, 6.07) is 0. The van der Waals surface area contributed by atoms with Gasteiger partial charge in [0, 0.05) is 18.7 Å². The molecule has 3 unspecified atom stereocenters. The van der Waals surface area contributed by atoms with Gasteiger partial charge in [-0.15, -0.1) is 44.9 Å². The van der Waals surface area contributed by atoms with E-state index < -0.39 is 10.0 Å². The van der Waals surface area contributed by atoms with Crippen molar-refractivity contribution >= 4 is 95.2 Å². The van der Waals surface area contributed by atoms with Crippen molar-refractivity contribution in [1.82, 2.24) is 0 Å². The number of nitrogens with zero attached hydrogens (tertiary/aromatic N) is 2. The lowest BCUT2D eigenvalue weighted by Crippen LogP contribution is -2.34. The molecule has 50 heavy (non-hydrogen) atoms. The first kappa shape index (κ1) is 40.9. The second kappa shape index (κ2) is 18.2. The molecule has 4 nitrogen and oxygen atoms in total. The third kappa shape index (κ3) is 9.00. The van der Waals surface area contributed by atoms with Gasteiger partial charge in [-0.25, -0.2) is 0 Å². The van der Waals surface area contributed by atoms with Gasteiger partial charge in [-0.2, -0.15) is 10.0 Å². The summed E-state index contributed by atoms with van der Waals surface area (Å²) in [4.78, 5) is 39.0. The fourth-order valence-electron chi connectivity index (χ4n) is 6.73. The third-order valence-corrected chi connectivity index (χ3v) is 13.8. The van der Waals surface area contributed by atoms with Gasteiger partial charge in [-0.05, 0) is 84.7 Å². The summed E-state index contributed by atoms with van der Waals surface area (Å²) >= 11 is 4.89. The van der Waals surface area contributed by atoms with Gasteiger partial charge in [0.15, 0.2) is 0 Å². The summed E-state index contributed by atoms with van der Waals surface area (Å²) < 4.78 is 0. The normalized spacial score (nSPS) is 17.6. The molecular formula is C41H58N2O2S5. The zero-order valence-electron chi connectivity index (χ0n) is 32.1. The summed E-state index contributed by atoms with van der Waals surface area (Å²) in [7, 11) is -1.33. The van der Waals surface area contributed by atoms with Gasteiger partial charge in [0.1, 0.15) is 0 Å². The standard InChI is InChI=1S/C41H58N2O2S5/c1-12-17-20-28(15-4)26-42-35-30(19-14-3)31(22-24-49(7)8)47-38(35)33(40(42)44)34-39-36(37(46-6)32(48-39)23-25-50(9,10)11)43(41(34)45)27-29(16-5)21-18-13-2/h28-29H,7,12-21,26-27H2,1-6,8-11H3/b34-33+. The van der Waals surface area contributed by atoms with Crippen LogP contribution in [0.15, 0.2) is 4.90 Å². The highest BCUT2D eigenvalue weighted by Crippen LogP contribution is 2.56. The average molecular weight is 771 g/mol. The average Bonchev–Trinajstić information content (AvgIpc) is 3.76. The van der Waals surface area contributed by atoms with E-state index in [1.54, 1.807) is 34.4 Å². The lowest BCUT2D eigenvalue weighted by Gasteiger charge is -2.25. The van der Waals surface area contributed by atoms with Crippen molar-refractivity contribution in [2.75, 3.05) is 54.2 Å². The first-order chi connectivity index (χ1) is 23.8. The number of fused-ring (bicyclic) bond motifs is 2. The number of anilines is 2. The van der Waals surface area contributed by atoms with Gasteiger partial charge in [-0.3, -0.25) is 9.59 Å². The van der Waals surface area contributed by atoms with Crippen LogP contribution in [0.5, 0.6) is 0 Å². The van der Waals surface area contributed by atoms with E-state index in [0.29, 0.717) is 36.1 Å². The van der Waals surface area contributed by atoms with Crippen molar-refractivity contribution in [2.24, 2.45) is 11.8 Å². The molecule has 2 aliphatic rings. The molecule has 0 saturated heterocycles. The molecule has 274 valence electrons. The Labute approximate surface area is 319 Å². The maximum absolute atomic E-state index is 15.0. The molecule has 2 aromatic rings. The van der Waals surface area contributed by atoms with Crippen molar-refractivity contribution < 1.29 is 9.59 Å². The van der Waals surface area contributed by atoms with Crippen molar-refractivity contribution in [1.29, 1.82) is 0 Å². The Hall–Kier alpha value is -1.88. The fraction of sp³-hybridized carbons (Fsp3) is 0.585. The number of hydrogen-bond donors (Lipinski definition) is 0. The number of thiophene rings is 2. The quantitative estimate of drug-likeness (QED) is 0.0784. The number of unbranched alkanes of at least 4 members (excludes halogenated alkanes) is 2. The van der Waals surface area contributed by atoms with Crippen LogP contribution in [-0.4, -0.2) is 62.1 Å². The molecule has 9 heteroatoms. The van der Waals surface area contributed by atoms with E-state index in [-0.39, 0.29) is 22.3 Å². The molecule has 2 aliphatic heterocycles. The van der Waals surface area contributed by atoms with Gasteiger partial charge >= 0.3 is 0 Å². The number of thioether (sulfide) groups is 1. The van der Waals surface area contributed by atoms with Crippen molar-refractivity contribution in [3.8, 4) is 22.3 Å². The summed E-state index contributed by atoms with van der Waals surface area (Å²) in [5, 5.41) is 6.86. The zero-order chi connectivity index (χ0) is 36.7. The van der Waals surface area contributed by atoms with Crippen molar-refractivity contribution in [3.05, 3.63) is 25.1 Å². The van der Waals surface area contributed by atoms with Crippen molar-refractivity contribution in [2.45, 2.75) is 104 Å². The Morgan fingerprint density at radius 2 is 1.32 bits per heavy atom. The topological polar surface area (TPSA) is 40.6 Å². The Kier molecular flexibility index (Phi) is 14.9. The van der Waals surface area contributed by atoms with Crippen LogP contribution < -0.4 is 9.80 Å². The highest BCUT2D eigenvalue weighted by molar-refractivity contribution is 8.36. The number of amides is 2. The molecule has 0 spiro atoms. The number of hydrogen-bond acceptors (Lipinski definition) is 5. The Bertz CT molecular complexity index is 1750. The van der Waals surface area contributed by atoms with Gasteiger partial charge < -0.3 is 9.80 Å². The van der Waals surface area contributed by atoms with E-state index in [9.17, 15) is 4.79 Å². The molecule has 0 aliphatic carbocycles. The van der Waals surface area contributed by atoms with Crippen LogP contribution in [0.2, 0.25) is 0 Å². The molecule has 3 atom stereocenters. The molecule has 0 saturated carbocycles. The molecule has 0 N–H and O–H groups in total. The minimum Gasteiger partial charge on any atom is -0.306 e. The minimum absolute atomic E-state index is 0.0227. The van der Waals surface area contributed by atoms with E-state index in [4.69, 9.17) is 0 Å². The lowest BCUT2D eigenvalue weighted by molar-refractivity contribution is -0.114. The second-order valence-corrected chi connectivity index (χ2v) is 22.5. The Morgan fingerprint density at radius 3 is 1.78 bits per heavy atom. The fourth-order valence-corrected chi connectivity index (χ4v) is 11.0. The molecule has 0 aromatic carbocycles. The van der Waals surface area contributed by atoms with Crippen LogP contribution in [-0.2, 0) is 16.0 Å². The Morgan fingerprint density at radius 1 is 0.800 bits per heavy atom. The van der Waals surface area contributed by atoms with Crippen LogP contribution in [0.3, 0.4) is 0 Å². The zero-order valence-corrected chi connectivity index (χ0v) is 36.2. The van der Waals surface area contributed by atoms with Crippen LogP contribution in [0.1, 0.15) is 117 Å². The second-order valence-electron chi connectivity index (χ2n) is 14.3. The minimum atomic E-state index is -1.05. The Balaban J connectivity index is 2.05. The third-order valence-electron chi connectivity index (χ3n) is 9.46. The van der Waals surface area contributed by atoms with E-state index in [0.717, 1.165) is 106 Å². The van der Waals surface area contributed by atoms with Crippen LogP contribution in [0, 0.1) is 34.2 Å². The predicted octanol–water partition coefficient (Wildman–Crippen LogP) is 11.2. The summed E-state index contributed by atoms with van der Waals surface area (Å²) in [5.74, 6) is 11.9. The molecule has 2 amide bonds. The molecule has 2 aromatic heterocycles. The van der Waals surface area contributed by atoms with Crippen LogP contribution in [0.4, 0.5) is 11.4 Å². The monoisotopic (exact) mass is 770 g/mol. The van der Waals surface area contributed by atoms with Crippen molar-refractivity contribution in [3.63, 3.8) is 0 Å². The van der Waals surface area contributed by atoms with E-state index in [2.05, 4.69) is 87.9 Å². The largest absolute Gasteiger partial charge is 0.306 e. The maximum atomic E-state index is 15.0. The van der Waals surface area contributed by atoms with Crippen LogP contribution in [0.25, 0.3) is 11.1 Å². The molecule has 4 heterocycles. The van der Waals surface area contributed by atoms with Gasteiger partial charge in [-0.1, -0.05) is 85.4 Å². The van der Waals surface area contributed by atoms with Crippen LogP contribution >= 0.6 is 54.9 Å². The molecule has 0 radical (unpaired) electrons. The number of carbonyl (C=O) groups excluding carboxylic acids is 2. The van der Waals surface area contributed by atoms with E-state index in [1.165, 1.54) is 0 Å². The first-order valence-electron chi connectivity index (χ1n) is 18.3. The highest BCUT2D eigenvalue weighted by Gasteiger charge is 2.47. The lowest BCUT2D eigenvalue weighted by atomic mass is 9.98. The first-order valence-corrected chi connectivity index (χ1v) is 25.8. The van der Waals surface area contributed by atoms with Gasteiger partial charge in [0.25, 0.3) is 11.8 Å². The summed E-state index contributed by atoms with van der Waals surface area (Å²) in [6.07, 6.45) is 21.3. The number of rotatable bonds is 15. The van der Waals surface area contributed by atoms with Gasteiger partial charge in [0.05, 0.1) is 46.9 Å². The maximum Gasteiger partial charge on any atom is 0.260 e. The molecule has 4 rings (SSSR count). The predicted molar refractivity (Wildman–Crippen MR) is 232 cm³/mol. The van der Waals surface area contributed by atoms with E-state index in [1.807, 2.05) is 16.1 Å². The molecular weight excluding hydrogens is 713 g/mol. The van der Waals surface area contributed by atoms with Gasteiger partial charge in [0.2, 0.25) is 0 Å². The molecule has 0 fully saturated rings. The SMILES string of the molecule is C=S(C)C#Cc1sc2c(c1CCC)N(CC(CC)CCCC)C(=O)/C2=C1/C(=O)N(CC(CC)CCCC)c2c1sc(C#CS(C)(C)C)c2SC. The number of carbonyl (C=O) groups is 2. The van der Waals surface area contributed by atoms with E-state index >= 15 is 4.79 Å². The smallest absolute Gasteiger partial charge is 0.260 e. The molecule has 0 bridgehead atoms. The highest BCUT2D eigenvalue weighted by atomic mass is 32.3. The summed E-state index contributed by atoms with van der Waals surface area (Å²) in [6.45, 7) is 12.4.